The van der Waals surface area contributed by atoms with E-state index in [2.05, 4.69) is 10.1 Å². The summed E-state index contributed by atoms with van der Waals surface area (Å²) in [6, 6.07) is 0.204. The molecule has 0 saturated carbocycles. The smallest absolute Gasteiger partial charge is 0.166 e. The van der Waals surface area contributed by atoms with Crippen molar-refractivity contribution in [2.24, 2.45) is 5.73 Å². The molecule has 0 bridgehead atoms. The monoisotopic (exact) mass is 226 g/mol. The van der Waals surface area contributed by atoms with Gasteiger partial charge in [-0.05, 0) is 13.8 Å². The summed E-state index contributed by atoms with van der Waals surface area (Å²) < 4.78 is 6.80. The number of rotatable bonds is 7. The number of aromatic nitrogens is 3. The normalized spacial score (nSPS) is 11.0. The maximum atomic E-state index is 11.5. The molecular formula is C10H18N4O2. The minimum Gasteiger partial charge on any atom is -0.372 e. The van der Waals surface area contributed by atoms with E-state index < -0.39 is 0 Å². The molecule has 6 nitrogen and oxygen atoms in total. The Hall–Kier alpha value is -1.27. The Balaban J connectivity index is 2.46. The first-order valence-corrected chi connectivity index (χ1v) is 5.33. The van der Waals surface area contributed by atoms with Gasteiger partial charge in [0.05, 0.1) is 13.0 Å². The molecule has 0 amide bonds. The zero-order valence-electron chi connectivity index (χ0n) is 9.72. The molecule has 1 rings (SSSR count). The van der Waals surface area contributed by atoms with Crippen LogP contribution in [0.25, 0.3) is 0 Å². The van der Waals surface area contributed by atoms with Crippen LogP contribution in [-0.2, 0) is 16.0 Å². The fourth-order valence-electron chi connectivity index (χ4n) is 1.33. The lowest BCUT2D eigenvalue weighted by molar-refractivity contribution is -0.123. The van der Waals surface area contributed by atoms with Crippen LogP contribution < -0.4 is 5.73 Å². The minimum atomic E-state index is -0.0108. The van der Waals surface area contributed by atoms with Gasteiger partial charge in [0.25, 0.3) is 0 Å². The van der Waals surface area contributed by atoms with E-state index in [1.54, 1.807) is 4.68 Å². The number of carbonyl (C=O) groups excluding carboxylic acids is 1. The van der Waals surface area contributed by atoms with Crippen molar-refractivity contribution in [3.05, 3.63) is 12.2 Å². The van der Waals surface area contributed by atoms with Crippen LogP contribution in [-0.4, -0.2) is 40.3 Å². The van der Waals surface area contributed by atoms with Crippen molar-refractivity contribution < 1.29 is 9.53 Å². The van der Waals surface area contributed by atoms with Crippen molar-refractivity contribution in [1.29, 1.82) is 0 Å². The van der Waals surface area contributed by atoms with Crippen LogP contribution >= 0.6 is 0 Å². The molecule has 0 aromatic carbocycles. The Kier molecular flexibility index (Phi) is 5.07. The molecule has 1 aromatic rings. The second-order valence-corrected chi connectivity index (χ2v) is 3.77. The molecule has 1 aromatic heterocycles. The van der Waals surface area contributed by atoms with E-state index in [0.29, 0.717) is 19.0 Å². The van der Waals surface area contributed by atoms with Crippen LogP contribution in [0.4, 0.5) is 0 Å². The van der Waals surface area contributed by atoms with Crippen LogP contribution in [0, 0.1) is 0 Å². The number of nitrogens with zero attached hydrogens (tertiary/aromatic N) is 3. The van der Waals surface area contributed by atoms with Crippen LogP contribution in [0.2, 0.25) is 0 Å². The fraction of sp³-hybridized carbons (Fsp3) is 0.700. The molecule has 0 spiro atoms. The maximum absolute atomic E-state index is 11.5. The number of hydrogen-bond donors (Lipinski definition) is 1. The summed E-state index contributed by atoms with van der Waals surface area (Å²) in [6.45, 7) is 4.90. The Morgan fingerprint density at radius 1 is 1.62 bits per heavy atom. The van der Waals surface area contributed by atoms with E-state index >= 15 is 0 Å². The van der Waals surface area contributed by atoms with E-state index in [1.807, 2.05) is 13.8 Å². The van der Waals surface area contributed by atoms with Gasteiger partial charge in [-0.25, -0.2) is 9.67 Å². The number of hydrogen-bond acceptors (Lipinski definition) is 5. The second-order valence-electron chi connectivity index (χ2n) is 3.77. The highest BCUT2D eigenvalue weighted by Crippen LogP contribution is 2.05. The zero-order chi connectivity index (χ0) is 12.0. The molecule has 90 valence electrons. The van der Waals surface area contributed by atoms with Crippen molar-refractivity contribution in [3.63, 3.8) is 0 Å². The molecule has 0 unspecified atom stereocenters. The lowest BCUT2D eigenvalue weighted by Gasteiger charge is -2.08. The predicted molar refractivity (Wildman–Crippen MR) is 59.0 cm³/mol. The van der Waals surface area contributed by atoms with Crippen LogP contribution in [0.1, 0.15) is 25.7 Å². The Bertz CT molecular complexity index is 335. The van der Waals surface area contributed by atoms with E-state index in [1.165, 1.54) is 6.33 Å². The number of ketones is 1. The molecule has 0 aliphatic rings. The van der Waals surface area contributed by atoms with Gasteiger partial charge in [0.15, 0.2) is 5.78 Å². The summed E-state index contributed by atoms with van der Waals surface area (Å²) in [6.07, 6.45) is 1.71. The van der Waals surface area contributed by atoms with Gasteiger partial charge in [0.1, 0.15) is 18.8 Å². The quantitative estimate of drug-likeness (QED) is 0.659. The third kappa shape index (κ3) is 3.71. The first-order chi connectivity index (χ1) is 7.65. The van der Waals surface area contributed by atoms with Crippen molar-refractivity contribution in [2.45, 2.75) is 26.3 Å². The summed E-state index contributed by atoms with van der Waals surface area (Å²) in [5.74, 6) is 0.666. The topological polar surface area (TPSA) is 83.0 Å². The predicted octanol–water partition coefficient (Wildman–Crippen LogP) is -0.0541. The van der Waals surface area contributed by atoms with Crippen LogP contribution in [0.5, 0.6) is 0 Å². The molecule has 0 radical (unpaired) electrons. The first-order valence-electron chi connectivity index (χ1n) is 5.33. The van der Waals surface area contributed by atoms with Crippen molar-refractivity contribution in [3.8, 4) is 0 Å². The van der Waals surface area contributed by atoms with Gasteiger partial charge in [-0.15, -0.1) is 0 Å². The van der Waals surface area contributed by atoms with E-state index in [9.17, 15) is 4.79 Å². The second kappa shape index (κ2) is 6.34. The molecule has 16 heavy (non-hydrogen) atoms. The van der Waals surface area contributed by atoms with Gasteiger partial charge >= 0.3 is 0 Å². The highest BCUT2D eigenvalue weighted by Gasteiger charge is 2.11. The summed E-state index contributed by atoms with van der Waals surface area (Å²) in [7, 11) is 0. The average molecular weight is 226 g/mol. The molecule has 0 aliphatic carbocycles. The van der Waals surface area contributed by atoms with Crippen LogP contribution in [0.15, 0.2) is 6.33 Å². The van der Waals surface area contributed by atoms with Crippen LogP contribution in [0.3, 0.4) is 0 Å². The third-order valence-electron chi connectivity index (χ3n) is 2.02. The summed E-state index contributed by atoms with van der Waals surface area (Å²) in [5.41, 5.74) is 5.25. The first kappa shape index (κ1) is 12.8. The molecule has 1 heterocycles. The lowest BCUT2D eigenvalue weighted by atomic mass is 10.2. The standard InChI is InChI=1S/C10H18N4O2/c1-8(2)14-10(12-7-13-14)5-9(15)6-16-4-3-11/h7-8H,3-6,11H2,1-2H3. The average Bonchev–Trinajstić information content (AvgIpc) is 2.66. The Morgan fingerprint density at radius 2 is 2.38 bits per heavy atom. The van der Waals surface area contributed by atoms with Crippen molar-refractivity contribution in [2.75, 3.05) is 19.8 Å². The number of Topliss-reactive ketones (excluding diaryl/α,β-unsaturated/α-hetero) is 1. The maximum Gasteiger partial charge on any atom is 0.166 e. The molecule has 0 saturated heterocycles. The third-order valence-corrected chi connectivity index (χ3v) is 2.02. The van der Waals surface area contributed by atoms with E-state index in [-0.39, 0.29) is 24.9 Å². The summed E-state index contributed by atoms with van der Waals surface area (Å²) in [4.78, 5) is 15.6. The lowest BCUT2D eigenvalue weighted by Crippen LogP contribution is -2.18. The Labute approximate surface area is 94.8 Å². The van der Waals surface area contributed by atoms with Gasteiger partial charge in [-0.2, -0.15) is 5.10 Å². The Morgan fingerprint density at radius 3 is 3.00 bits per heavy atom. The zero-order valence-corrected chi connectivity index (χ0v) is 9.72. The van der Waals surface area contributed by atoms with E-state index in [0.717, 1.165) is 0 Å². The number of ether oxygens (including phenoxy) is 1. The highest BCUT2D eigenvalue weighted by molar-refractivity contribution is 5.81. The molecule has 0 aliphatic heterocycles. The summed E-state index contributed by atoms with van der Waals surface area (Å²) in [5, 5.41) is 4.06. The molecule has 0 fully saturated rings. The van der Waals surface area contributed by atoms with Gasteiger partial charge in [-0.3, -0.25) is 4.79 Å². The van der Waals surface area contributed by atoms with E-state index in [4.69, 9.17) is 10.5 Å². The molecule has 0 atom stereocenters. The minimum absolute atomic E-state index is 0.0108. The van der Waals surface area contributed by atoms with Crippen molar-refractivity contribution >= 4 is 5.78 Å². The van der Waals surface area contributed by atoms with Gasteiger partial charge < -0.3 is 10.5 Å². The summed E-state index contributed by atoms with van der Waals surface area (Å²) >= 11 is 0. The number of carbonyl (C=O) groups is 1. The largest absolute Gasteiger partial charge is 0.372 e. The fourth-order valence-corrected chi connectivity index (χ4v) is 1.33. The van der Waals surface area contributed by atoms with Crippen molar-refractivity contribution in [1.82, 2.24) is 14.8 Å². The van der Waals surface area contributed by atoms with Gasteiger partial charge in [0.2, 0.25) is 0 Å². The molecule has 6 heteroatoms. The number of nitrogens with two attached hydrogens (primary N) is 1. The highest BCUT2D eigenvalue weighted by atomic mass is 16.5. The molecule has 2 N–H and O–H groups in total. The SMILES string of the molecule is CC(C)n1ncnc1CC(=O)COCCN. The molecular weight excluding hydrogens is 208 g/mol. The van der Waals surface area contributed by atoms with Gasteiger partial charge in [0, 0.05) is 12.6 Å². The van der Waals surface area contributed by atoms with Gasteiger partial charge in [-0.1, -0.05) is 0 Å².